The first-order valence-corrected chi connectivity index (χ1v) is 13.2. The summed E-state index contributed by atoms with van der Waals surface area (Å²) >= 11 is 0. The molecule has 2 atom stereocenters. The lowest BCUT2D eigenvalue weighted by molar-refractivity contribution is -0.0510. The zero-order valence-electron chi connectivity index (χ0n) is 21.9. The van der Waals surface area contributed by atoms with Crippen LogP contribution < -0.4 is 9.47 Å². The highest BCUT2D eigenvalue weighted by atomic mass is 32.2. The molecule has 1 amide bonds. The van der Waals surface area contributed by atoms with Gasteiger partial charge < -0.3 is 23.3 Å². The summed E-state index contributed by atoms with van der Waals surface area (Å²) in [4.78, 5) is 14.5. The van der Waals surface area contributed by atoms with Gasteiger partial charge in [-0.2, -0.15) is 21.6 Å². The third-order valence-electron chi connectivity index (χ3n) is 5.66. The van der Waals surface area contributed by atoms with Crippen LogP contribution >= 0.6 is 0 Å². The van der Waals surface area contributed by atoms with E-state index in [1.807, 2.05) is 0 Å². The summed E-state index contributed by atoms with van der Waals surface area (Å²) in [5, 5.41) is 0. The number of para-hydroxylation sites is 1. The van der Waals surface area contributed by atoms with Crippen molar-refractivity contribution in [3.8, 4) is 11.5 Å². The van der Waals surface area contributed by atoms with Crippen molar-refractivity contribution in [2.45, 2.75) is 57.4 Å². The van der Waals surface area contributed by atoms with Crippen molar-refractivity contribution in [2.75, 3.05) is 13.7 Å². The highest BCUT2D eigenvalue weighted by Crippen LogP contribution is 2.37. The van der Waals surface area contributed by atoms with Crippen LogP contribution in [-0.4, -0.2) is 50.3 Å². The van der Waals surface area contributed by atoms with Gasteiger partial charge in [0, 0.05) is 19.0 Å². The molecule has 1 heterocycles. The minimum absolute atomic E-state index is 0.0219. The zero-order valence-corrected chi connectivity index (χ0v) is 22.7. The van der Waals surface area contributed by atoms with Crippen LogP contribution in [0.1, 0.15) is 51.3 Å². The Morgan fingerprint density at radius 2 is 1.79 bits per heavy atom. The molecule has 0 bridgehead atoms. The van der Waals surface area contributed by atoms with E-state index >= 15 is 0 Å². The zero-order chi connectivity index (χ0) is 29.2. The van der Waals surface area contributed by atoms with Crippen molar-refractivity contribution < 1.29 is 49.2 Å². The van der Waals surface area contributed by atoms with Crippen LogP contribution in [0.2, 0.25) is 0 Å². The van der Waals surface area contributed by atoms with Crippen LogP contribution in [0.3, 0.4) is 0 Å². The third-order valence-corrected chi connectivity index (χ3v) is 6.62. The van der Waals surface area contributed by atoms with Gasteiger partial charge in [0.1, 0.15) is 17.5 Å². The largest absolute Gasteiger partial charge is 0.534 e. The number of amides is 1. The molecule has 0 aliphatic carbocycles. The first kappa shape index (κ1) is 30.1. The second-order valence-electron chi connectivity index (χ2n) is 9.70. The second kappa shape index (κ2) is 11.3. The number of halogens is 4. The molecule has 0 saturated carbocycles. The quantitative estimate of drug-likeness (QED) is 0.211. The Morgan fingerprint density at radius 1 is 1.13 bits per heavy atom. The van der Waals surface area contributed by atoms with Gasteiger partial charge in [-0.15, -0.1) is 0 Å². The van der Waals surface area contributed by atoms with Gasteiger partial charge in [0.25, 0.3) is 0 Å². The van der Waals surface area contributed by atoms with E-state index in [1.165, 1.54) is 48.4 Å². The number of alkyl halides is 3. The van der Waals surface area contributed by atoms with E-state index in [-0.39, 0.29) is 30.0 Å². The number of carbonyl (C=O) groups excluding carboxylic acids is 1. The normalized spacial score (nSPS) is 16.3. The third kappa shape index (κ3) is 7.34. The topological polar surface area (TPSA) is 91.4 Å². The summed E-state index contributed by atoms with van der Waals surface area (Å²) < 4.78 is 97.3. The van der Waals surface area contributed by atoms with Crippen molar-refractivity contribution in [1.82, 2.24) is 4.90 Å². The number of fused-ring (bicyclic) bond motifs is 1. The molecule has 8 nitrogen and oxygen atoms in total. The molecule has 2 aromatic carbocycles. The maximum atomic E-state index is 14.0. The van der Waals surface area contributed by atoms with Crippen LogP contribution in [0, 0.1) is 5.82 Å². The lowest BCUT2D eigenvalue weighted by Crippen LogP contribution is -2.40. The van der Waals surface area contributed by atoms with Crippen molar-refractivity contribution in [3.05, 3.63) is 65.5 Å². The van der Waals surface area contributed by atoms with Gasteiger partial charge in [0.15, 0.2) is 17.3 Å². The van der Waals surface area contributed by atoms with Gasteiger partial charge in [0.05, 0.1) is 18.7 Å². The van der Waals surface area contributed by atoms with Crippen LogP contribution in [0.15, 0.2) is 48.5 Å². The Morgan fingerprint density at radius 3 is 2.41 bits per heavy atom. The predicted octanol–water partition coefficient (Wildman–Crippen LogP) is 6.19. The number of benzene rings is 2. The molecule has 0 radical (unpaired) electrons. The van der Waals surface area contributed by atoms with E-state index in [2.05, 4.69) is 4.18 Å². The van der Waals surface area contributed by atoms with Gasteiger partial charge in [-0.3, -0.25) is 0 Å². The van der Waals surface area contributed by atoms with Crippen molar-refractivity contribution in [3.63, 3.8) is 0 Å². The van der Waals surface area contributed by atoms with Crippen molar-refractivity contribution in [1.29, 1.82) is 0 Å². The Balaban J connectivity index is 1.90. The lowest BCUT2D eigenvalue weighted by atomic mass is 10.0. The van der Waals surface area contributed by atoms with Gasteiger partial charge in [0.2, 0.25) is 0 Å². The SMILES string of the molecule is COc1cc([C@@H](C)N(CC[C@@H]2C=C(OS(=O)(=O)C(F)(F)F)c3ccccc3O2)C(=O)OC(C)(C)C)ccc1F. The molecule has 0 aromatic heterocycles. The fourth-order valence-corrected chi connectivity index (χ4v) is 4.23. The van der Waals surface area contributed by atoms with Crippen LogP contribution in [0.25, 0.3) is 5.76 Å². The molecule has 0 fully saturated rings. The Kier molecular flexibility index (Phi) is 8.73. The molecule has 0 N–H and O–H groups in total. The highest BCUT2D eigenvalue weighted by molar-refractivity contribution is 7.87. The Bertz CT molecular complexity index is 1340. The van der Waals surface area contributed by atoms with Crippen LogP contribution in [0.4, 0.5) is 22.4 Å². The monoisotopic (exact) mass is 575 g/mol. The fourth-order valence-electron chi connectivity index (χ4n) is 3.76. The van der Waals surface area contributed by atoms with Crippen molar-refractivity contribution in [2.24, 2.45) is 0 Å². The standard InChI is InChI=1S/C26H29F4NO7S/c1-16(17-10-11-20(27)23(14-17)35-5)31(24(32)37-25(2,3)4)13-12-18-15-22(38-39(33,34)26(28,29)30)19-8-6-7-9-21(19)36-18/h6-11,14-16,18H,12-13H2,1-5H3/t16-,18-/m1/s1. The molecular formula is C26H29F4NO7S. The predicted molar refractivity (Wildman–Crippen MR) is 134 cm³/mol. The minimum atomic E-state index is -5.94. The smallest absolute Gasteiger partial charge is 0.494 e. The first-order chi connectivity index (χ1) is 18.0. The Hall–Kier alpha value is -3.48. The van der Waals surface area contributed by atoms with Crippen LogP contribution in [-0.2, 0) is 19.0 Å². The summed E-state index contributed by atoms with van der Waals surface area (Å²) in [6.07, 6.45) is -0.521. The highest BCUT2D eigenvalue weighted by Gasteiger charge is 2.49. The average molecular weight is 576 g/mol. The van der Waals surface area contributed by atoms with E-state index in [0.717, 1.165) is 6.08 Å². The number of nitrogens with zero attached hydrogens (tertiary/aromatic N) is 1. The molecule has 3 rings (SSSR count). The first-order valence-electron chi connectivity index (χ1n) is 11.8. The van der Waals surface area contributed by atoms with E-state index < -0.39 is 51.0 Å². The number of methoxy groups -OCH3 is 1. The molecule has 0 unspecified atom stereocenters. The number of ether oxygens (including phenoxy) is 3. The molecular weight excluding hydrogens is 546 g/mol. The molecule has 13 heteroatoms. The van der Waals surface area contributed by atoms with Crippen molar-refractivity contribution >= 4 is 22.0 Å². The summed E-state index contributed by atoms with van der Waals surface area (Å²) in [6.45, 7) is 6.71. The molecule has 214 valence electrons. The summed E-state index contributed by atoms with van der Waals surface area (Å²) in [7, 11) is -4.63. The van der Waals surface area contributed by atoms with E-state index in [1.54, 1.807) is 33.8 Å². The summed E-state index contributed by atoms with van der Waals surface area (Å²) in [6, 6.07) is 9.36. The maximum Gasteiger partial charge on any atom is 0.534 e. The minimum Gasteiger partial charge on any atom is -0.494 e. The maximum absolute atomic E-state index is 14.0. The second-order valence-corrected chi connectivity index (χ2v) is 11.2. The molecule has 1 aliphatic rings. The van der Waals surface area contributed by atoms with Gasteiger partial charge in [-0.1, -0.05) is 18.2 Å². The van der Waals surface area contributed by atoms with E-state index in [0.29, 0.717) is 5.56 Å². The van der Waals surface area contributed by atoms with E-state index in [9.17, 15) is 30.8 Å². The Labute approximate surface area is 224 Å². The number of rotatable bonds is 8. The van der Waals surface area contributed by atoms with Crippen LogP contribution in [0.5, 0.6) is 11.5 Å². The molecule has 2 aromatic rings. The van der Waals surface area contributed by atoms with Gasteiger partial charge in [-0.25, -0.2) is 9.18 Å². The molecule has 0 saturated heterocycles. The van der Waals surface area contributed by atoms with Gasteiger partial charge in [-0.05, 0) is 57.5 Å². The molecule has 1 aliphatic heterocycles. The summed E-state index contributed by atoms with van der Waals surface area (Å²) in [5.41, 5.74) is -5.92. The van der Waals surface area contributed by atoms with Gasteiger partial charge >= 0.3 is 21.7 Å². The lowest BCUT2D eigenvalue weighted by Gasteiger charge is -2.33. The number of carbonyl (C=O) groups is 1. The molecule has 0 spiro atoms. The fraction of sp³-hybridized carbons (Fsp3) is 0.423. The molecule has 39 heavy (non-hydrogen) atoms. The summed E-state index contributed by atoms with van der Waals surface area (Å²) in [5.74, 6) is -1.04. The van der Waals surface area contributed by atoms with E-state index in [4.69, 9.17) is 14.2 Å². The average Bonchev–Trinajstić information content (AvgIpc) is 2.82. The number of hydrogen-bond donors (Lipinski definition) is 0. The number of hydrogen-bond acceptors (Lipinski definition) is 7.